The summed E-state index contributed by atoms with van der Waals surface area (Å²) in [5, 5.41) is 9.83. The van der Waals surface area contributed by atoms with Crippen LogP contribution in [-0.4, -0.2) is 102 Å². The number of aliphatic hydroxyl groups is 1. The van der Waals surface area contributed by atoms with Crippen LogP contribution in [0.4, 0.5) is 0 Å². The molecule has 3 rings (SSSR count). The minimum absolute atomic E-state index is 0.0333. The van der Waals surface area contributed by atoms with E-state index in [9.17, 15) is 21.9 Å². The molecule has 2 aromatic carbocycles. The highest BCUT2D eigenvalue weighted by molar-refractivity contribution is 7.89. The van der Waals surface area contributed by atoms with Gasteiger partial charge in [0, 0.05) is 37.2 Å². The third-order valence-electron chi connectivity index (χ3n) is 6.48. The number of methoxy groups -OCH3 is 1. The molecule has 12 heteroatoms. The molecule has 3 atom stereocenters. The summed E-state index contributed by atoms with van der Waals surface area (Å²) in [6.45, 7) is 3.57. The van der Waals surface area contributed by atoms with E-state index in [2.05, 4.69) is 11.8 Å². The molecule has 0 saturated heterocycles. The molecule has 0 bridgehead atoms. The predicted octanol–water partition coefficient (Wildman–Crippen LogP) is 1.70. The Hall–Kier alpha value is -2.66. The van der Waals surface area contributed by atoms with Gasteiger partial charge in [0.15, 0.2) is 0 Å². The summed E-state index contributed by atoms with van der Waals surface area (Å²) in [5.74, 6) is 6.12. The van der Waals surface area contributed by atoms with Gasteiger partial charge < -0.3 is 14.6 Å². The van der Waals surface area contributed by atoms with Crippen molar-refractivity contribution in [3.8, 4) is 23.3 Å². The SMILES string of the molecule is COc1cccc(S(=O)(=O)N(C)C[C@H]2Oc3cc(C#CCN(C)C)ccc3S(=O)(=O)N([C@@H](C)CO)C[C@H]2C)c1. The Balaban J connectivity index is 2.04. The van der Waals surface area contributed by atoms with Crippen LogP contribution in [0.1, 0.15) is 19.4 Å². The Morgan fingerprint density at radius 2 is 1.92 bits per heavy atom. The van der Waals surface area contributed by atoms with Crippen molar-refractivity contribution in [2.75, 3.05) is 54.5 Å². The van der Waals surface area contributed by atoms with Crippen LogP contribution in [0.3, 0.4) is 0 Å². The topological polar surface area (TPSA) is 117 Å². The molecule has 214 valence electrons. The first kappa shape index (κ1) is 30.9. The first-order valence-electron chi connectivity index (χ1n) is 12.5. The zero-order valence-electron chi connectivity index (χ0n) is 23.2. The average molecular weight is 580 g/mol. The van der Waals surface area contributed by atoms with Gasteiger partial charge in [-0.25, -0.2) is 16.8 Å². The molecule has 0 unspecified atom stereocenters. The molecular formula is C27H37N3O7S2. The number of fused-ring (bicyclic) bond motifs is 1. The fraction of sp³-hybridized carbons (Fsp3) is 0.481. The number of rotatable bonds is 8. The van der Waals surface area contributed by atoms with Crippen molar-refractivity contribution in [1.82, 2.24) is 13.5 Å². The van der Waals surface area contributed by atoms with E-state index in [1.54, 1.807) is 38.1 Å². The van der Waals surface area contributed by atoms with Crippen molar-refractivity contribution in [1.29, 1.82) is 0 Å². The Bertz CT molecular complexity index is 1430. The molecule has 1 N–H and O–H groups in total. The molecule has 2 aromatic rings. The highest BCUT2D eigenvalue weighted by Gasteiger charge is 2.39. The minimum Gasteiger partial charge on any atom is -0.497 e. The Labute approximate surface area is 232 Å². The quantitative estimate of drug-likeness (QED) is 0.470. The van der Waals surface area contributed by atoms with Gasteiger partial charge in [-0.3, -0.25) is 4.90 Å². The van der Waals surface area contributed by atoms with Gasteiger partial charge in [0.1, 0.15) is 22.5 Å². The molecule has 0 aliphatic carbocycles. The van der Waals surface area contributed by atoms with E-state index >= 15 is 0 Å². The molecule has 1 aliphatic heterocycles. The second-order valence-corrected chi connectivity index (χ2v) is 13.8. The Morgan fingerprint density at radius 3 is 2.56 bits per heavy atom. The third kappa shape index (κ3) is 7.11. The lowest BCUT2D eigenvalue weighted by Gasteiger charge is -2.37. The van der Waals surface area contributed by atoms with Crippen molar-refractivity contribution in [2.45, 2.75) is 35.8 Å². The average Bonchev–Trinajstić information content (AvgIpc) is 2.89. The molecule has 0 radical (unpaired) electrons. The number of aliphatic hydroxyl groups excluding tert-OH is 1. The van der Waals surface area contributed by atoms with Gasteiger partial charge in [-0.15, -0.1) is 0 Å². The maximum atomic E-state index is 13.6. The fourth-order valence-corrected chi connectivity index (χ4v) is 7.16. The highest BCUT2D eigenvalue weighted by Crippen LogP contribution is 2.34. The lowest BCUT2D eigenvalue weighted by Crippen LogP contribution is -2.50. The van der Waals surface area contributed by atoms with Crippen molar-refractivity contribution < 1.29 is 31.4 Å². The highest BCUT2D eigenvalue weighted by atomic mass is 32.2. The van der Waals surface area contributed by atoms with E-state index in [4.69, 9.17) is 9.47 Å². The number of sulfonamides is 2. The van der Waals surface area contributed by atoms with E-state index in [-0.39, 0.29) is 35.2 Å². The summed E-state index contributed by atoms with van der Waals surface area (Å²) in [6, 6.07) is 10.1. The van der Waals surface area contributed by atoms with Crippen LogP contribution in [0.2, 0.25) is 0 Å². The minimum atomic E-state index is -4.02. The zero-order valence-corrected chi connectivity index (χ0v) is 24.8. The Morgan fingerprint density at radius 1 is 1.21 bits per heavy atom. The lowest BCUT2D eigenvalue weighted by atomic mass is 10.0. The Kier molecular flexibility index (Phi) is 10.0. The maximum Gasteiger partial charge on any atom is 0.247 e. The number of likely N-dealkylation sites (N-methyl/N-ethyl adjacent to an activating group) is 1. The number of hydrogen-bond acceptors (Lipinski definition) is 8. The zero-order chi connectivity index (χ0) is 29.0. The second kappa shape index (κ2) is 12.7. The van der Waals surface area contributed by atoms with Gasteiger partial charge in [-0.1, -0.05) is 24.8 Å². The van der Waals surface area contributed by atoms with E-state index in [0.717, 1.165) is 0 Å². The van der Waals surface area contributed by atoms with Crippen molar-refractivity contribution in [3.63, 3.8) is 0 Å². The van der Waals surface area contributed by atoms with Crippen LogP contribution in [0.5, 0.6) is 11.5 Å². The van der Waals surface area contributed by atoms with Gasteiger partial charge in [0.05, 0.1) is 31.7 Å². The van der Waals surface area contributed by atoms with Gasteiger partial charge in [-0.2, -0.15) is 8.61 Å². The number of benzene rings is 2. The van der Waals surface area contributed by atoms with Gasteiger partial charge in [0.25, 0.3) is 0 Å². The molecule has 0 amide bonds. The predicted molar refractivity (Wildman–Crippen MR) is 149 cm³/mol. The van der Waals surface area contributed by atoms with Gasteiger partial charge in [-0.05, 0) is 51.4 Å². The summed E-state index contributed by atoms with van der Waals surface area (Å²) < 4.78 is 68.0. The smallest absolute Gasteiger partial charge is 0.247 e. The number of nitrogens with zero attached hydrogens (tertiary/aromatic N) is 3. The maximum absolute atomic E-state index is 13.6. The molecule has 1 heterocycles. The van der Waals surface area contributed by atoms with Gasteiger partial charge >= 0.3 is 0 Å². The van der Waals surface area contributed by atoms with E-state index in [1.165, 1.54) is 41.0 Å². The second-order valence-electron chi connectivity index (χ2n) is 9.91. The molecule has 1 aliphatic rings. The van der Waals surface area contributed by atoms with Crippen LogP contribution < -0.4 is 9.47 Å². The molecular weight excluding hydrogens is 542 g/mol. The molecule has 0 aromatic heterocycles. The summed E-state index contributed by atoms with van der Waals surface area (Å²) >= 11 is 0. The summed E-state index contributed by atoms with van der Waals surface area (Å²) in [5.41, 5.74) is 0.567. The molecule has 0 saturated carbocycles. The largest absolute Gasteiger partial charge is 0.497 e. The fourth-order valence-electron chi connectivity index (χ4n) is 4.11. The molecule has 10 nitrogen and oxygen atoms in total. The standard InChI is InChI=1S/C27H37N3O7S2/c1-20-17-30(21(2)19-31)39(34,35)27-13-12-22(9-8-14-28(3)4)15-25(27)37-26(20)18-29(5)38(32,33)24-11-7-10-23(16-24)36-6/h7,10-13,15-16,20-21,26,31H,14,17-19H2,1-6H3/t20-,21+,26-/m1/s1. The van der Waals surface area contributed by atoms with Crippen LogP contribution >= 0.6 is 0 Å². The normalized spacial score (nSPS) is 20.2. The van der Waals surface area contributed by atoms with Crippen LogP contribution in [0.25, 0.3) is 0 Å². The van der Waals surface area contributed by atoms with Crippen molar-refractivity contribution >= 4 is 20.0 Å². The van der Waals surface area contributed by atoms with E-state index in [0.29, 0.717) is 17.9 Å². The first-order valence-corrected chi connectivity index (χ1v) is 15.4. The van der Waals surface area contributed by atoms with E-state index in [1.807, 2.05) is 19.0 Å². The third-order valence-corrected chi connectivity index (χ3v) is 10.3. The molecule has 0 fully saturated rings. The summed E-state index contributed by atoms with van der Waals surface area (Å²) in [6.07, 6.45) is -0.706. The van der Waals surface area contributed by atoms with Crippen molar-refractivity contribution in [2.24, 2.45) is 5.92 Å². The number of ether oxygens (including phenoxy) is 2. The first-order chi connectivity index (χ1) is 18.3. The number of hydrogen-bond donors (Lipinski definition) is 1. The monoisotopic (exact) mass is 579 g/mol. The lowest BCUT2D eigenvalue weighted by molar-refractivity contribution is 0.0904. The molecule has 39 heavy (non-hydrogen) atoms. The van der Waals surface area contributed by atoms with Crippen LogP contribution in [0, 0.1) is 17.8 Å². The summed E-state index contributed by atoms with van der Waals surface area (Å²) in [4.78, 5) is 1.92. The van der Waals surface area contributed by atoms with Crippen molar-refractivity contribution in [3.05, 3.63) is 48.0 Å². The summed E-state index contributed by atoms with van der Waals surface area (Å²) in [7, 11) is -1.22. The van der Waals surface area contributed by atoms with Gasteiger partial charge in [0.2, 0.25) is 20.0 Å². The van der Waals surface area contributed by atoms with Crippen LogP contribution in [0.15, 0.2) is 52.3 Å². The molecule has 0 spiro atoms. The van der Waals surface area contributed by atoms with Crippen LogP contribution in [-0.2, 0) is 20.0 Å². The van der Waals surface area contributed by atoms with E-state index < -0.39 is 38.1 Å².